The van der Waals surface area contributed by atoms with Crippen molar-refractivity contribution in [3.8, 4) is 0 Å². The number of amides is 1. The molecule has 0 bridgehead atoms. The van der Waals surface area contributed by atoms with Gasteiger partial charge in [-0.3, -0.25) is 10.0 Å². The van der Waals surface area contributed by atoms with Crippen LogP contribution >= 0.6 is 0 Å². The number of nitrogens with two attached hydrogens (primary N) is 1. The van der Waals surface area contributed by atoms with Crippen molar-refractivity contribution in [1.82, 2.24) is 5.06 Å². The second-order valence-electron chi connectivity index (χ2n) is 7.01. The molecule has 0 fully saturated rings. The fraction of sp³-hybridized carbons (Fsp3) is 0.950. The monoisotopic (exact) mass is 342 g/mol. The zero-order valence-corrected chi connectivity index (χ0v) is 16.1. The Hall–Kier alpha value is -0.610. The van der Waals surface area contributed by atoms with Crippen molar-refractivity contribution in [2.24, 2.45) is 5.73 Å². The Labute approximate surface area is 150 Å². The van der Waals surface area contributed by atoms with Gasteiger partial charge in [-0.2, -0.15) is 0 Å². The Balaban J connectivity index is 3.14. The minimum absolute atomic E-state index is 0.199. The molecule has 0 radical (unpaired) electrons. The van der Waals surface area contributed by atoms with Gasteiger partial charge in [-0.05, 0) is 6.42 Å². The number of nitrogens with zero attached hydrogens (tertiary/aromatic N) is 1. The van der Waals surface area contributed by atoms with Gasteiger partial charge in [0, 0.05) is 13.0 Å². The quantitative estimate of drug-likeness (QED) is 0.198. The van der Waals surface area contributed by atoms with Crippen LogP contribution in [-0.2, 0) is 4.79 Å². The molecular weight excluding hydrogens is 300 g/mol. The van der Waals surface area contributed by atoms with Crippen molar-refractivity contribution < 1.29 is 10.0 Å². The number of unbranched alkanes of at least 4 members (excludes halogenated alkanes) is 14. The van der Waals surface area contributed by atoms with E-state index in [-0.39, 0.29) is 12.5 Å². The molecule has 24 heavy (non-hydrogen) atoms. The standard InChI is InChI=1S/C20H42N2O2/c1-2-3-4-5-6-7-8-9-10-11-12-13-14-15-16-17-20(23)22(24)19-18-21/h24H,2-19,21H2,1H3. The maximum atomic E-state index is 11.5. The number of carbonyl (C=O) groups excluding carboxylic acids is 1. The van der Waals surface area contributed by atoms with Gasteiger partial charge < -0.3 is 5.73 Å². The molecule has 144 valence electrons. The van der Waals surface area contributed by atoms with E-state index in [1.54, 1.807) is 0 Å². The number of hydrogen-bond acceptors (Lipinski definition) is 3. The predicted molar refractivity (Wildman–Crippen MR) is 102 cm³/mol. The van der Waals surface area contributed by atoms with Crippen molar-refractivity contribution in [1.29, 1.82) is 0 Å². The average molecular weight is 343 g/mol. The Morgan fingerprint density at radius 1 is 0.750 bits per heavy atom. The zero-order valence-electron chi connectivity index (χ0n) is 16.1. The summed E-state index contributed by atoms with van der Waals surface area (Å²) < 4.78 is 0. The first-order valence-electron chi connectivity index (χ1n) is 10.4. The summed E-state index contributed by atoms with van der Waals surface area (Å²) in [5.74, 6) is -0.199. The highest BCUT2D eigenvalue weighted by Gasteiger charge is 2.08. The van der Waals surface area contributed by atoms with Gasteiger partial charge in [-0.1, -0.05) is 96.8 Å². The van der Waals surface area contributed by atoms with Gasteiger partial charge in [0.25, 0.3) is 0 Å². The molecule has 0 spiro atoms. The molecule has 0 saturated heterocycles. The van der Waals surface area contributed by atoms with Gasteiger partial charge >= 0.3 is 0 Å². The lowest BCUT2D eigenvalue weighted by Gasteiger charge is -2.13. The second kappa shape index (κ2) is 18.7. The van der Waals surface area contributed by atoms with Gasteiger partial charge in [-0.25, -0.2) is 5.06 Å². The molecule has 3 N–H and O–H groups in total. The predicted octanol–water partition coefficient (Wildman–Crippen LogP) is 5.42. The normalized spacial score (nSPS) is 11.0. The lowest BCUT2D eigenvalue weighted by molar-refractivity contribution is -0.164. The SMILES string of the molecule is CCCCCCCCCCCCCCCCCC(=O)N(O)CCN. The van der Waals surface area contributed by atoms with Crippen LogP contribution in [0.15, 0.2) is 0 Å². The molecule has 0 aromatic heterocycles. The Bertz CT molecular complexity index is 272. The molecule has 0 aliphatic rings. The first kappa shape index (κ1) is 23.4. The van der Waals surface area contributed by atoms with E-state index in [9.17, 15) is 10.0 Å². The summed E-state index contributed by atoms with van der Waals surface area (Å²) in [6.45, 7) is 2.81. The molecule has 0 aliphatic carbocycles. The molecule has 0 aromatic rings. The van der Waals surface area contributed by atoms with Crippen LogP contribution in [0.2, 0.25) is 0 Å². The molecule has 4 heteroatoms. The van der Waals surface area contributed by atoms with Crippen molar-refractivity contribution in [2.75, 3.05) is 13.1 Å². The van der Waals surface area contributed by atoms with E-state index >= 15 is 0 Å². The molecule has 0 rings (SSSR count). The number of hydrogen-bond donors (Lipinski definition) is 2. The number of rotatable bonds is 18. The third kappa shape index (κ3) is 16.3. The third-order valence-electron chi connectivity index (χ3n) is 4.62. The van der Waals surface area contributed by atoms with Crippen LogP contribution in [0.5, 0.6) is 0 Å². The summed E-state index contributed by atoms with van der Waals surface area (Å²) in [7, 11) is 0. The molecule has 0 aliphatic heterocycles. The van der Waals surface area contributed by atoms with Crippen LogP contribution in [0.25, 0.3) is 0 Å². The fourth-order valence-corrected chi connectivity index (χ4v) is 3.02. The van der Waals surface area contributed by atoms with Crippen LogP contribution in [0.4, 0.5) is 0 Å². The highest BCUT2D eigenvalue weighted by molar-refractivity contribution is 5.74. The minimum Gasteiger partial charge on any atom is -0.329 e. The summed E-state index contributed by atoms with van der Waals surface area (Å²) in [5, 5.41) is 10.1. The van der Waals surface area contributed by atoms with Crippen LogP contribution in [0, 0.1) is 0 Å². The van der Waals surface area contributed by atoms with E-state index in [4.69, 9.17) is 5.73 Å². The summed E-state index contributed by atoms with van der Waals surface area (Å²) in [6.07, 6.45) is 20.2. The number of hydroxylamine groups is 2. The zero-order chi connectivity index (χ0) is 17.9. The van der Waals surface area contributed by atoms with Crippen LogP contribution in [0.3, 0.4) is 0 Å². The van der Waals surface area contributed by atoms with Gasteiger partial charge in [0.05, 0.1) is 6.54 Å². The van der Waals surface area contributed by atoms with Gasteiger partial charge in [0.1, 0.15) is 0 Å². The average Bonchev–Trinajstić information content (AvgIpc) is 2.58. The van der Waals surface area contributed by atoms with Crippen LogP contribution < -0.4 is 5.73 Å². The molecule has 4 nitrogen and oxygen atoms in total. The third-order valence-corrected chi connectivity index (χ3v) is 4.62. The Morgan fingerprint density at radius 2 is 1.12 bits per heavy atom. The van der Waals surface area contributed by atoms with E-state index in [0.29, 0.717) is 13.0 Å². The highest BCUT2D eigenvalue weighted by atomic mass is 16.5. The fourth-order valence-electron chi connectivity index (χ4n) is 3.02. The Kier molecular flexibility index (Phi) is 18.2. The maximum absolute atomic E-state index is 11.5. The Morgan fingerprint density at radius 3 is 1.50 bits per heavy atom. The molecule has 0 atom stereocenters. The van der Waals surface area contributed by atoms with E-state index in [2.05, 4.69) is 6.92 Å². The molecular formula is C20H42N2O2. The maximum Gasteiger partial charge on any atom is 0.245 e. The highest BCUT2D eigenvalue weighted by Crippen LogP contribution is 2.13. The summed E-state index contributed by atoms with van der Waals surface area (Å²) in [5.41, 5.74) is 5.30. The van der Waals surface area contributed by atoms with E-state index in [1.807, 2.05) is 0 Å². The first-order chi connectivity index (χ1) is 11.7. The summed E-state index contributed by atoms with van der Waals surface area (Å²) >= 11 is 0. The molecule has 0 unspecified atom stereocenters. The van der Waals surface area contributed by atoms with Crippen molar-refractivity contribution in [3.05, 3.63) is 0 Å². The largest absolute Gasteiger partial charge is 0.329 e. The van der Waals surface area contributed by atoms with Gasteiger partial charge in [0.2, 0.25) is 5.91 Å². The minimum atomic E-state index is -0.199. The van der Waals surface area contributed by atoms with Gasteiger partial charge in [0.15, 0.2) is 0 Å². The van der Waals surface area contributed by atoms with E-state index in [1.165, 1.54) is 83.5 Å². The molecule has 0 aromatic carbocycles. The lowest BCUT2D eigenvalue weighted by Crippen LogP contribution is -2.32. The van der Waals surface area contributed by atoms with Crippen LogP contribution in [-0.4, -0.2) is 29.3 Å². The first-order valence-corrected chi connectivity index (χ1v) is 10.4. The van der Waals surface area contributed by atoms with Gasteiger partial charge in [-0.15, -0.1) is 0 Å². The smallest absolute Gasteiger partial charge is 0.245 e. The topological polar surface area (TPSA) is 66.6 Å². The van der Waals surface area contributed by atoms with E-state index in [0.717, 1.165) is 17.9 Å². The number of carbonyl (C=O) groups is 1. The van der Waals surface area contributed by atoms with E-state index < -0.39 is 0 Å². The van der Waals surface area contributed by atoms with Crippen LogP contribution in [0.1, 0.15) is 110 Å². The molecule has 0 heterocycles. The summed E-state index contributed by atoms with van der Waals surface area (Å²) in [6, 6.07) is 0. The molecule has 0 saturated carbocycles. The molecule has 1 amide bonds. The van der Waals surface area contributed by atoms with Crippen molar-refractivity contribution in [3.63, 3.8) is 0 Å². The van der Waals surface area contributed by atoms with Crippen molar-refractivity contribution in [2.45, 2.75) is 110 Å². The summed E-state index contributed by atoms with van der Waals surface area (Å²) in [4.78, 5) is 11.5. The lowest BCUT2D eigenvalue weighted by atomic mass is 10.0. The van der Waals surface area contributed by atoms with Crippen molar-refractivity contribution >= 4 is 5.91 Å². The second-order valence-corrected chi connectivity index (χ2v) is 7.01.